The highest BCUT2D eigenvalue weighted by molar-refractivity contribution is 5.63. The number of rotatable bonds is 0. The molecule has 0 amide bonds. The zero-order valence-corrected chi connectivity index (χ0v) is 9.59. The standard InChI is InChI=1S/C6H12O2.2C2H4O2/c7-5-3-1-2-4-6(5)8;2*1-2(3)4/h5-8H,1-4H2;2*1H3,(H,3,4)/t5-,6+;;. The fourth-order valence-electron chi connectivity index (χ4n) is 1.09. The second kappa shape index (κ2) is 10.4. The van der Waals surface area contributed by atoms with Crippen molar-refractivity contribution in [2.24, 2.45) is 0 Å². The van der Waals surface area contributed by atoms with Gasteiger partial charge >= 0.3 is 0 Å². The first-order valence-corrected chi connectivity index (χ1v) is 5.02. The highest BCUT2D eigenvalue weighted by Gasteiger charge is 2.19. The van der Waals surface area contributed by atoms with Gasteiger partial charge in [-0.05, 0) is 12.8 Å². The minimum absolute atomic E-state index is 0.441. The van der Waals surface area contributed by atoms with E-state index in [-0.39, 0.29) is 0 Å². The summed E-state index contributed by atoms with van der Waals surface area (Å²) in [5, 5.41) is 32.7. The number of aliphatic hydroxyl groups is 2. The van der Waals surface area contributed by atoms with E-state index in [1.807, 2.05) is 0 Å². The molecule has 1 aliphatic carbocycles. The zero-order valence-electron chi connectivity index (χ0n) is 9.59. The van der Waals surface area contributed by atoms with Gasteiger partial charge in [0.25, 0.3) is 11.9 Å². The van der Waals surface area contributed by atoms with Crippen LogP contribution in [-0.2, 0) is 9.59 Å². The Balaban J connectivity index is 0. The highest BCUT2D eigenvalue weighted by Crippen LogP contribution is 2.17. The number of hydrogen-bond donors (Lipinski definition) is 4. The molecule has 6 heteroatoms. The summed E-state index contributed by atoms with van der Waals surface area (Å²) < 4.78 is 0. The van der Waals surface area contributed by atoms with Gasteiger partial charge in [-0.3, -0.25) is 9.59 Å². The lowest BCUT2D eigenvalue weighted by atomic mass is 9.95. The van der Waals surface area contributed by atoms with Gasteiger partial charge in [0.05, 0.1) is 12.2 Å². The second-order valence-corrected chi connectivity index (χ2v) is 3.46. The van der Waals surface area contributed by atoms with E-state index < -0.39 is 24.1 Å². The SMILES string of the molecule is CC(=O)O.CC(=O)O.O[C@@H]1CCCC[C@@H]1O. The summed E-state index contributed by atoms with van der Waals surface area (Å²) in [7, 11) is 0. The number of carbonyl (C=O) groups is 2. The average molecular weight is 236 g/mol. The van der Waals surface area contributed by atoms with Crippen molar-refractivity contribution in [3.63, 3.8) is 0 Å². The molecule has 1 fully saturated rings. The first kappa shape index (κ1) is 17.3. The molecule has 96 valence electrons. The molecule has 0 aromatic heterocycles. The fraction of sp³-hybridized carbons (Fsp3) is 0.800. The van der Waals surface area contributed by atoms with Crippen LogP contribution in [0.15, 0.2) is 0 Å². The van der Waals surface area contributed by atoms with Crippen molar-refractivity contribution in [2.45, 2.75) is 51.7 Å². The second-order valence-electron chi connectivity index (χ2n) is 3.46. The molecule has 0 unspecified atom stereocenters. The average Bonchev–Trinajstić information content (AvgIpc) is 2.08. The molecule has 16 heavy (non-hydrogen) atoms. The van der Waals surface area contributed by atoms with Crippen molar-refractivity contribution >= 4 is 11.9 Å². The number of carboxylic acids is 2. The molecule has 0 radical (unpaired) electrons. The summed E-state index contributed by atoms with van der Waals surface area (Å²) in [6.45, 7) is 2.17. The summed E-state index contributed by atoms with van der Waals surface area (Å²) in [4.78, 5) is 18.0. The Hall–Kier alpha value is -1.14. The predicted molar refractivity (Wildman–Crippen MR) is 57.1 cm³/mol. The predicted octanol–water partition coefficient (Wildman–Crippen LogP) is 0.464. The summed E-state index contributed by atoms with van der Waals surface area (Å²) >= 11 is 0. The van der Waals surface area contributed by atoms with Gasteiger partial charge in [-0.15, -0.1) is 0 Å². The first-order valence-electron chi connectivity index (χ1n) is 5.02. The lowest BCUT2D eigenvalue weighted by Crippen LogP contribution is -2.28. The molecule has 0 heterocycles. The van der Waals surface area contributed by atoms with Crippen LogP contribution in [0, 0.1) is 0 Å². The Morgan fingerprint density at radius 3 is 1.19 bits per heavy atom. The Labute approximate surface area is 94.5 Å². The third-order valence-electron chi connectivity index (χ3n) is 1.69. The van der Waals surface area contributed by atoms with Crippen molar-refractivity contribution in [1.29, 1.82) is 0 Å². The normalized spacial score (nSPS) is 23.0. The van der Waals surface area contributed by atoms with Gasteiger partial charge in [-0.2, -0.15) is 0 Å². The lowest BCUT2D eigenvalue weighted by Gasteiger charge is -2.22. The maximum absolute atomic E-state index is 9.00. The van der Waals surface area contributed by atoms with E-state index in [0.717, 1.165) is 39.5 Å². The van der Waals surface area contributed by atoms with Crippen LogP contribution >= 0.6 is 0 Å². The summed E-state index contributed by atoms with van der Waals surface area (Å²) in [6, 6.07) is 0. The van der Waals surface area contributed by atoms with Crippen molar-refractivity contribution < 1.29 is 30.0 Å². The monoisotopic (exact) mass is 236 g/mol. The molecular weight excluding hydrogens is 216 g/mol. The van der Waals surface area contributed by atoms with Crippen LogP contribution in [0.5, 0.6) is 0 Å². The highest BCUT2D eigenvalue weighted by atomic mass is 16.4. The van der Waals surface area contributed by atoms with Crippen molar-refractivity contribution in [3.05, 3.63) is 0 Å². The van der Waals surface area contributed by atoms with E-state index in [1.54, 1.807) is 0 Å². The van der Waals surface area contributed by atoms with Gasteiger partial charge in [0.15, 0.2) is 0 Å². The topological polar surface area (TPSA) is 115 Å². The molecule has 1 aliphatic rings. The molecule has 4 N–H and O–H groups in total. The maximum atomic E-state index is 9.00. The van der Waals surface area contributed by atoms with Crippen molar-refractivity contribution in [2.75, 3.05) is 0 Å². The number of hydrogen-bond acceptors (Lipinski definition) is 4. The molecule has 0 saturated heterocycles. The smallest absolute Gasteiger partial charge is 0.300 e. The van der Waals surface area contributed by atoms with E-state index in [2.05, 4.69) is 0 Å². The van der Waals surface area contributed by atoms with E-state index in [0.29, 0.717) is 0 Å². The van der Waals surface area contributed by atoms with Crippen LogP contribution in [-0.4, -0.2) is 44.6 Å². The van der Waals surface area contributed by atoms with Crippen LogP contribution in [0.25, 0.3) is 0 Å². The van der Waals surface area contributed by atoms with E-state index in [1.165, 1.54) is 0 Å². The van der Waals surface area contributed by atoms with Gasteiger partial charge < -0.3 is 20.4 Å². The van der Waals surface area contributed by atoms with Gasteiger partial charge in [0.2, 0.25) is 0 Å². The van der Waals surface area contributed by atoms with Gasteiger partial charge in [0.1, 0.15) is 0 Å². The van der Waals surface area contributed by atoms with Gasteiger partial charge in [-0.25, -0.2) is 0 Å². The quantitative estimate of drug-likeness (QED) is 0.486. The maximum Gasteiger partial charge on any atom is 0.300 e. The number of carboxylic acid groups (broad SMARTS) is 2. The zero-order chi connectivity index (χ0) is 13.1. The van der Waals surface area contributed by atoms with Crippen molar-refractivity contribution in [3.8, 4) is 0 Å². The fourth-order valence-corrected chi connectivity index (χ4v) is 1.09. The minimum Gasteiger partial charge on any atom is -0.481 e. The third-order valence-corrected chi connectivity index (χ3v) is 1.69. The number of aliphatic carboxylic acids is 2. The Bertz CT molecular complexity index is 173. The summed E-state index contributed by atoms with van der Waals surface area (Å²) in [6.07, 6.45) is 2.81. The van der Waals surface area contributed by atoms with Crippen LogP contribution in [0.1, 0.15) is 39.5 Å². The largest absolute Gasteiger partial charge is 0.481 e. The lowest BCUT2D eigenvalue weighted by molar-refractivity contribution is -0.135. The van der Waals surface area contributed by atoms with Crippen LogP contribution in [0.4, 0.5) is 0 Å². The molecule has 0 spiro atoms. The Morgan fingerprint density at radius 1 is 0.875 bits per heavy atom. The molecular formula is C10H20O6. The third kappa shape index (κ3) is 18.6. The Morgan fingerprint density at radius 2 is 1.06 bits per heavy atom. The summed E-state index contributed by atoms with van der Waals surface area (Å²) in [5.74, 6) is -1.67. The van der Waals surface area contributed by atoms with E-state index in [4.69, 9.17) is 30.0 Å². The van der Waals surface area contributed by atoms with E-state index in [9.17, 15) is 0 Å². The number of aliphatic hydroxyl groups excluding tert-OH is 2. The van der Waals surface area contributed by atoms with Crippen molar-refractivity contribution in [1.82, 2.24) is 0 Å². The van der Waals surface area contributed by atoms with Gasteiger partial charge in [-0.1, -0.05) is 12.8 Å². The first-order chi connectivity index (χ1) is 7.27. The molecule has 0 aliphatic heterocycles. The molecule has 0 aromatic rings. The summed E-state index contributed by atoms with van der Waals surface area (Å²) in [5.41, 5.74) is 0. The molecule has 6 nitrogen and oxygen atoms in total. The van der Waals surface area contributed by atoms with Crippen LogP contribution in [0.3, 0.4) is 0 Å². The molecule has 1 rings (SSSR count). The van der Waals surface area contributed by atoms with Gasteiger partial charge in [0, 0.05) is 13.8 Å². The van der Waals surface area contributed by atoms with E-state index >= 15 is 0 Å². The molecule has 0 bridgehead atoms. The minimum atomic E-state index is -0.833. The Kier molecular flexibility index (Phi) is 11.2. The molecule has 0 aromatic carbocycles. The van der Waals surface area contributed by atoms with Crippen LogP contribution in [0.2, 0.25) is 0 Å². The van der Waals surface area contributed by atoms with Crippen LogP contribution < -0.4 is 0 Å². The molecule has 2 atom stereocenters. The molecule has 1 saturated carbocycles.